The quantitative estimate of drug-likeness (QED) is 0.779. The fourth-order valence-electron chi connectivity index (χ4n) is 1.90. The molecule has 1 aromatic rings. The number of carbonyl (C=O) groups excluding carboxylic acids is 2. The van der Waals surface area contributed by atoms with Gasteiger partial charge in [-0.2, -0.15) is 0 Å². The molecule has 0 radical (unpaired) electrons. The Labute approximate surface area is 115 Å². The third kappa shape index (κ3) is 3.03. The van der Waals surface area contributed by atoms with Gasteiger partial charge in [-0.25, -0.2) is 4.79 Å². The Morgan fingerprint density at radius 2 is 2.00 bits per heavy atom. The predicted octanol–water partition coefficient (Wildman–Crippen LogP) is 3.66. The summed E-state index contributed by atoms with van der Waals surface area (Å²) in [7, 11) is 0. The van der Waals surface area contributed by atoms with Gasteiger partial charge in [-0.05, 0) is 37.5 Å². The molecule has 0 spiro atoms. The van der Waals surface area contributed by atoms with Gasteiger partial charge in [-0.15, -0.1) is 0 Å². The molecule has 0 bridgehead atoms. The van der Waals surface area contributed by atoms with E-state index in [0.29, 0.717) is 28.5 Å². The van der Waals surface area contributed by atoms with Crippen molar-refractivity contribution < 1.29 is 14.3 Å². The standard InChI is InChI=1S/C13H12Cl2O3/c14-9-6-5-8(7-10(9)15)13(17)18-12-4-2-1-3-11(12)16/h5-7,12H,1-4H2/t12-/m1/s1. The van der Waals surface area contributed by atoms with Crippen molar-refractivity contribution in [3.8, 4) is 0 Å². The highest BCUT2D eigenvalue weighted by atomic mass is 35.5. The number of benzene rings is 1. The van der Waals surface area contributed by atoms with Crippen molar-refractivity contribution in [3.05, 3.63) is 33.8 Å². The van der Waals surface area contributed by atoms with Crippen LogP contribution >= 0.6 is 23.2 Å². The number of ether oxygens (including phenoxy) is 1. The normalized spacial score (nSPS) is 19.7. The molecule has 2 rings (SSSR count). The Bertz CT molecular complexity index is 485. The van der Waals surface area contributed by atoms with E-state index < -0.39 is 12.1 Å². The predicted molar refractivity (Wildman–Crippen MR) is 69.1 cm³/mol. The SMILES string of the molecule is O=C(O[C@@H]1CCCCC1=O)c1ccc(Cl)c(Cl)c1. The highest BCUT2D eigenvalue weighted by Crippen LogP contribution is 2.24. The van der Waals surface area contributed by atoms with Crippen LogP contribution in [0.2, 0.25) is 10.0 Å². The van der Waals surface area contributed by atoms with Crippen molar-refractivity contribution in [2.75, 3.05) is 0 Å². The summed E-state index contributed by atoms with van der Waals surface area (Å²) in [5, 5.41) is 0.669. The van der Waals surface area contributed by atoms with E-state index in [1.807, 2.05) is 0 Å². The highest BCUT2D eigenvalue weighted by Gasteiger charge is 2.26. The molecule has 1 aliphatic rings. The average Bonchev–Trinajstić information content (AvgIpc) is 2.35. The maximum absolute atomic E-state index is 11.8. The average molecular weight is 287 g/mol. The summed E-state index contributed by atoms with van der Waals surface area (Å²) in [4.78, 5) is 23.4. The van der Waals surface area contributed by atoms with E-state index in [1.54, 1.807) is 0 Å². The van der Waals surface area contributed by atoms with Crippen molar-refractivity contribution in [1.82, 2.24) is 0 Å². The monoisotopic (exact) mass is 286 g/mol. The summed E-state index contributed by atoms with van der Waals surface area (Å²) in [5.41, 5.74) is 0.308. The first-order valence-electron chi connectivity index (χ1n) is 5.76. The van der Waals surface area contributed by atoms with Gasteiger partial charge in [-0.1, -0.05) is 23.2 Å². The van der Waals surface area contributed by atoms with Crippen LogP contribution in [0.1, 0.15) is 36.0 Å². The van der Waals surface area contributed by atoms with Crippen molar-refractivity contribution in [3.63, 3.8) is 0 Å². The van der Waals surface area contributed by atoms with E-state index >= 15 is 0 Å². The Hall–Kier alpha value is -1.06. The molecular formula is C13H12Cl2O3. The van der Waals surface area contributed by atoms with Crippen molar-refractivity contribution >= 4 is 35.0 Å². The molecular weight excluding hydrogens is 275 g/mol. The molecule has 0 amide bonds. The van der Waals surface area contributed by atoms with Crippen molar-refractivity contribution in [2.24, 2.45) is 0 Å². The molecule has 1 fully saturated rings. The zero-order valence-electron chi connectivity index (χ0n) is 9.62. The molecule has 1 aromatic carbocycles. The minimum atomic E-state index is -0.610. The smallest absolute Gasteiger partial charge is 0.338 e. The molecule has 18 heavy (non-hydrogen) atoms. The van der Waals surface area contributed by atoms with Gasteiger partial charge in [0, 0.05) is 6.42 Å². The molecule has 0 N–H and O–H groups in total. The van der Waals surface area contributed by atoms with Crippen LogP contribution < -0.4 is 0 Å². The Balaban J connectivity index is 2.07. The maximum Gasteiger partial charge on any atom is 0.338 e. The first-order valence-corrected chi connectivity index (χ1v) is 6.52. The number of Topliss-reactive ketones (excluding diaryl/α,β-unsaturated/α-hetero) is 1. The first-order chi connectivity index (χ1) is 8.58. The lowest BCUT2D eigenvalue weighted by Crippen LogP contribution is -2.30. The number of rotatable bonds is 2. The number of esters is 1. The van der Waals surface area contributed by atoms with E-state index in [2.05, 4.69) is 0 Å². The summed E-state index contributed by atoms with van der Waals surface area (Å²) >= 11 is 11.6. The molecule has 1 aliphatic carbocycles. The molecule has 1 atom stereocenters. The minimum Gasteiger partial charge on any atom is -0.451 e. The lowest BCUT2D eigenvalue weighted by Gasteiger charge is -2.20. The lowest BCUT2D eigenvalue weighted by molar-refractivity contribution is -0.129. The number of carbonyl (C=O) groups is 2. The van der Waals surface area contributed by atoms with Crippen LogP contribution in [0.5, 0.6) is 0 Å². The van der Waals surface area contributed by atoms with Crippen LogP contribution in [0.4, 0.5) is 0 Å². The van der Waals surface area contributed by atoms with Gasteiger partial charge in [0.25, 0.3) is 0 Å². The summed E-state index contributed by atoms with van der Waals surface area (Å²) < 4.78 is 5.19. The van der Waals surface area contributed by atoms with Gasteiger partial charge < -0.3 is 4.74 Å². The van der Waals surface area contributed by atoms with Crippen LogP contribution in [0.15, 0.2) is 18.2 Å². The van der Waals surface area contributed by atoms with Gasteiger partial charge in [0.15, 0.2) is 11.9 Å². The molecule has 0 aromatic heterocycles. The molecule has 0 unspecified atom stereocenters. The fourth-order valence-corrected chi connectivity index (χ4v) is 2.19. The van der Waals surface area contributed by atoms with Gasteiger partial charge in [-0.3, -0.25) is 4.79 Å². The highest BCUT2D eigenvalue weighted by molar-refractivity contribution is 6.42. The van der Waals surface area contributed by atoms with E-state index in [9.17, 15) is 9.59 Å². The van der Waals surface area contributed by atoms with E-state index in [4.69, 9.17) is 27.9 Å². The zero-order valence-corrected chi connectivity index (χ0v) is 11.1. The number of ketones is 1. The Morgan fingerprint density at radius 3 is 2.67 bits per heavy atom. The second-order valence-electron chi connectivity index (χ2n) is 4.23. The van der Waals surface area contributed by atoms with Crippen LogP contribution in [0.3, 0.4) is 0 Å². The maximum atomic E-state index is 11.8. The van der Waals surface area contributed by atoms with E-state index in [0.717, 1.165) is 12.8 Å². The first kappa shape index (κ1) is 13.4. The van der Waals surface area contributed by atoms with Gasteiger partial charge >= 0.3 is 5.97 Å². The van der Waals surface area contributed by atoms with Gasteiger partial charge in [0.2, 0.25) is 0 Å². The summed E-state index contributed by atoms with van der Waals surface area (Å²) in [6, 6.07) is 4.51. The zero-order chi connectivity index (χ0) is 13.1. The summed E-state index contributed by atoms with van der Waals surface area (Å²) in [6.07, 6.45) is 2.26. The lowest BCUT2D eigenvalue weighted by atomic mass is 9.96. The summed E-state index contributed by atoms with van der Waals surface area (Å²) in [6.45, 7) is 0. The van der Waals surface area contributed by atoms with Crippen LogP contribution in [0, 0.1) is 0 Å². The number of hydrogen-bond donors (Lipinski definition) is 0. The minimum absolute atomic E-state index is 0.00494. The van der Waals surface area contributed by atoms with Gasteiger partial charge in [0.05, 0.1) is 15.6 Å². The Kier molecular flexibility index (Phi) is 4.25. The van der Waals surface area contributed by atoms with Crippen LogP contribution in [-0.4, -0.2) is 17.9 Å². The van der Waals surface area contributed by atoms with Crippen molar-refractivity contribution in [2.45, 2.75) is 31.8 Å². The van der Waals surface area contributed by atoms with Crippen LogP contribution in [-0.2, 0) is 9.53 Å². The number of halogens is 2. The second-order valence-corrected chi connectivity index (χ2v) is 5.05. The molecule has 0 aliphatic heterocycles. The molecule has 3 nitrogen and oxygen atoms in total. The van der Waals surface area contributed by atoms with Crippen LogP contribution in [0.25, 0.3) is 0 Å². The summed E-state index contributed by atoms with van der Waals surface area (Å²) in [5.74, 6) is -0.538. The second kappa shape index (κ2) is 5.72. The molecule has 1 saturated carbocycles. The van der Waals surface area contributed by atoms with Gasteiger partial charge in [0.1, 0.15) is 0 Å². The topological polar surface area (TPSA) is 43.4 Å². The van der Waals surface area contributed by atoms with E-state index in [1.165, 1.54) is 18.2 Å². The largest absolute Gasteiger partial charge is 0.451 e. The number of hydrogen-bond acceptors (Lipinski definition) is 3. The Morgan fingerprint density at radius 1 is 1.22 bits per heavy atom. The third-order valence-corrected chi connectivity index (χ3v) is 3.64. The molecule has 96 valence electrons. The van der Waals surface area contributed by atoms with E-state index in [-0.39, 0.29) is 5.78 Å². The van der Waals surface area contributed by atoms with Crippen molar-refractivity contribution in [1.29, 1.82) is 0 Å². The fraction of sp³-hybridized carbons (Fsp3) is 0.385. The molecule has 0 saturated heterocycles. The molecule has 0 heterocycles. The molecule has 5 heteroatoms. The third-order valence-electron chi connectivity index (χ3n) is 2.90.